The maximum atomic E-state index is 13.2. The summed E-state index contributed by atoms with van der Waals surface area (Å²) in [5, 5.41) is 8.50. The number of anilines is 1. The van der Waals surface area contributed by atoms with E-state index in [9.17, 15) is 4.79 Å². The number of methoxy groups -OCH3 is 2. The highest BCUT2D eigenvalue weighted by Crippen LogP contribution is 2.36. The van der Waals surface area contributed by atoms with E-state index < -0.39 is 0 Å². The van der Waals surface area contributed by atoms with Crippen LogP contribution in [0.2, 0.25) is 10.0 Å². The third-order valence-corrected chi connectivity index (χ3v) is 5.81. The molecule has 1 aliphatic carbocycles. The second-order valence-corrected chi connectivity index (χ2v) is 7.80. The van der Waals surface area contributed by atoms with Gasteiger partial charge in [-0.15, -0.1) is 0 Å². The van der Waals surface area contributed by atoms with Crippen LogP contribution >= 0.6 is 23.2 Å². The van der Waals surface area contributed by atoms with Gasteiger partial charge in [0.15, 0.2) is 5.69 Å². The normalized spacial score (nSPS) is 12.9. The quantitative estimate of drug-likeness (QED) is 0.576. The van der Waals surface area contributed by atoms with Gasteiger partial charge >= 0.3 is 0 Å². The Hall–Kier alpha value is -2.70. The Morgan fingerprint density at radius 1 is 1.03 bits per heavy atom. The molecule has 0 saturated carbocycles. The zero-order chi connectivity index (χ0) is 21.3. The first-order chi connectivity index (χ1) is 14.5. The average Bonchev–Trinajstić information content (AvgIpc) is 3.14. The third kappa shape index (κ3) is 3.73. The minimum absolute atomic E-state index is 0.321. The third-order valence-electron chi connectivity index (χ3n) is 5.20. The minimum atomic E-state index is -0.321. The lowest BCUT2D eigenvalue weighted by molar-refractivity contribution is 0.102. The van der Waals surface area contributed by atoms with Crippen LogP contribution < -0.4 is 14.8 Å². The first-order valence-corrected chi connectivity index (χ1v) is 10.4. The molecule has 1 amide bonds. The van der Waals surface area contributed by atoms with Gasteiger partial charge in [0, 0.05) is 17.3 Å². The first kappa shape index (κ1) is 20.6. The number of nitrogens with zero attached hydrogens (tertiary/aromatic N) is 2. The largest absolute Gasteiger partial charge is 0.495 e. The molecule has 6 nitrogen and oxygen atoms in total. The summed E-state index contributed by atoms with van der Waals surface area (Å²) in [4.78, 5) is 13.2. The van der Waals surface area contributed by atoms with Crippen molar-refractivity contribution in [1.29, 1.82) is 0 Å². The van der Waals surface area contributed by atoms with Crippen LogP contribution in [0.1, 0.15) is 34.6 Å². The Balaban J connectivity index is 1.74. The summed E-state index contributed by atoms with van der Waals surface area (Å²) in [5.74, 6) is 0.592. The van der Waals surface area contributed by atoms with E-state index in [1.807, 2.05) is 24.3 Å². The second kappa shape index (κ2) is 8.58. The van der Waals surface area contributed by atoms with Crippen LogP contribution in [0, 0.1) is 0 Å². The number of nitrogens with one attached hydrogen (secondary N) is 1. The summed E-state index contributed by atoms with van der Waals surface area (Å²) in [6.07, 6.45) is 3.70. The molecule has 0 saturated heterocycles. The van der Waals surface area contributed by atoms with Gasteiger partial charge in [0.05, 0.1) is 35.6 Å². The van der Waals surface area contributed by atoms with Gasteiger partial charge in [0.2, 0.25) is 0 Å². The Morgan fingerprint density at radius 3 is 2.50 bits per heavy atom. The number of amides is 1. The molecule has 1 heterocycles. The lowest BCUT2D eigenvalue weighted by Gasteiger charge is -2.15. The van der Waals surface area contributed by atoms with E-state index in [0.29, 0.717) is 32.9 Å². The van der Waals surface area contributed by atoms with Crippen LogP contribution in [0.25, 0.3) is 5.69 Å². The number of carbonyl (C=O) groups is 1. The molecule has 0 bridgehead atoms. The van der Waals surface area contributed by atoms with Gasteiger partial charge in [-0.1, -0.05) is 35.3 Å². The Labute approximate surface area is 184 Å². The van der Waals surface area contributed by atoms with E-state index in [2.05, 4.69) is 10.4 Å². The molecule has 0 radical (unpaired) electrons. The molecule has 0 unspecified atom stereocenters. The highest BCUT2D eigenvalue weighted by Gasteiger charge is 2.27. The van der Waals surface area contributed by atoms with Crippen molar-refractivity contribution in [2.24, 2.45) is 0 Å². The predicted molar refractivity (Wildman–Crippen MR) is 118 cm³/mol. The summed E-state index contributed by atoms with van der Waals surface area (Å²) in [7, 11) is 3.04. The van der Waals surface area contributed by atoms with Crippen molar-refractivity contribution >= 4 is 34.8 Å². The molecule has 30 heavy (non-hydrogen) atoms. The van der Waals surface area contributed by atoms with E-state index in [1.165, 1.54) is 14.2 Å². The van der Waals surface area contributed by atoms with Gasteiger partial charge in [0.1, 0.15) is 11.5 Å². The number of benzene rings is 2. The molecule has 0 aliphatic heterocycles. The van der Waals surface area contributed by atoms with Gasteiger partial charge in [0.25, 0.3) is 5.91 Å². The van der Waals surface area contributed by atoms with Crippen molar-refractivity contribution in [3.05, 3.63) is 63.4 Å². The van der Waals surface area contributed by atoms with Crippen molar-refractivity contribution in [2.45, 2.75) is 25.7 Å². The van der Waals surface area contributed by atoms with Crippen molar-refractivity contribution < 1.29 is 14.3 Å². The van der Waals surface area contributed by atoms with Gasteiger partial charge in [-0.05, 0) is 43.9 Å². The zero-order valence-electron chi connectivity index (χ0n) is 16.7. The fraction of sp³-hybridized carbons (Fsp3) is 0.273. The molecule has 1 aromatic heterocycles. The maximum absolute atomic E-state index is 13.2. The number of fused-ring (bicyclic) bond motifs is 1. The summed E-state index contributed by atoms with van der Waals surface area (Å²) in [5.41, 5.74) is 3.58. The molecular formula is C22H21Cl2N3O3. The highest BCUT2D eigenvalue weighted by molar-refractivity contribution is 6.32. The molecular weight excluding hydrogens is 425 g/mol. The minimum Gasteiger partial charge on any atom is -0.495 e. The molecule has 2 aromatic carbocycles. The monoisotopic (exact) mass is 445 g/mol. The SMILES string of the molecule is COc1cc(OC)c(NC(=O)c2nn(-c3ccccc3Cl)c3c2CCCC3)cc1Cl. The van der Waals surface area contributed by atoms with E-state index in [0.717, 1.165) is 42.6 Å². The summed E-state index contributed by atoms with van der Waals surface area (Å²) >= 11 is 12.6. The molecule has 4 rings (SSSR count). The lowest BCUT2D eigenvalue weighted by Crippen LogP contribution is -2.16. The van der Waals surface area contributed by atoms with Crippen LogP contribution in [0.5, 0.6) is 11.5 Å². The molecule has 156 valence electrons. The number of hydrogen-bond acceptors (Lipinski definition) is 4. The number of hydrogen-bond donors (Lipinski definition) is 1. The Kier molecular flexibility index (Phi) is 5.88. The van der Waals surface area contributed by atoms with Gasteiger partial charge in [-0.3, -0.25) is 4.79 Å². The number of para-hydroxylation sites is 1. The summed E-state index contributed by atoms with van der Waals surface area (Å²) < 4.78 is 12.4. The number of ether oxygens (including phenoxy) is 2. The van der Waals surface area contributed by atoms with Gasteiger partial charge < -0.3 is 14.8 Å². The summed E-state index contributed by atoms with van der Waals surface area (Å²) in [6.45, 7) is 0. The number of carbonyl (C=O) groups excluding carboxylic acids is 1. The lowest BCUT2D eigenvalue weighted by atomic mass is 9.95. The molecule has 0 spiro atoms. The molecule has 8 heteroatoms. The molecule has 0 fully saturated rings. The average molecular weight is 446 g/mol. The van der Waals surface area contributed by atoms with Crippen LogP contribution in [0.4, 0.5) is 5.69 Å². The van der Waals surface area contributed by atoms with Crippen LogP contribution in [-0.4, -0.2) is 29.9 Å². The zero-order valence-corrected chi connectivity index (χ0v) is 18.2. The molecule has 1 N–H and O–H groups in total. The van der Waals surface area contributed by atoms with Crippen LogP contribution in [0.15, 0.2) is 36.4 Å². The van der Waals surface area contributed by atoms with Gasteiger partial charge in [-0.2, -0.15) is 5.10 Å². The van der Waals surface area contributed by atoms with E-state index in [-0.39, 0.29) is 5.91 Å². The van der Waals surface area contributed by atoms with E-state index in [1.54, 1.807) is 16.8 Å². The number of aromatic nitrogens is 2. The van der Waals surface area contributed by atoms with Gasteiger partial charge in [-0.25, -0.2) is 4.68 Å². The fourth-order valence-corrected chi connectivity index (χ4v) is 4.20. The fourth-order valence-electron chi connectivity index (χ4n) is 3.74. The summed E-state index contributed by atoms with van der Waals surface area (Å²) in [6, 6.07) is 10.7. The first-order valence-electron chi connectivity index (χ1n) is 9.62. The van der Waals surface area contributed by atoms with E-state index in [4.69, 9.17) is 32.7 Å². The second-order valence-electron chi connectivity index (χ2n) is 6.99. The highest BCUT2D eigenvalue weighted by atomic mass is 35.5. The Bertz CT molecular complexity index is 1110. The van der Waals surface area contributed by atoms with E-state index >= 15 is 0 Å². The molecule has 3 aromatic rings. The molecule has 0 atom stereocenters. The topological polar surface area (TPSA) is 65.4 Å². The van der Waals surface area contributed by atoms with Crippen molar-refractivity contribution in [3.8, 4) is 17.2 Å². The molecule has 1 aliphatic rings. The van der Waals surface area contributed by atoms with Crippen LogP contribution in [0.3, 0.4) is 0 Å². The maximum Gasteiger partial charge on any atom is 0.276 e. The predicted octanol–water partition coefficient (Wildman–Crippen LogP) is 5.33. The van der Waals surface area contributed by atoms with Crippen molar-refractivity contribution in [2.75, 3.05) is 19.5 Å². The number of halogens is 2. The van der Waals surface area contributed by atoms with Crippen molar-refractivity contribution in [3.63, 3.8) is 0 Å². The van der Waals surface area contributed by atoms with Crippen LogP contribution in [-0.2, 0) is 12.8 Å². The number of rotatable bonds is 5. The Morgan fingerprint density at radius 2 is 1.77 bits per heavy atom. The smallest absolute Gasteiger partial charge is 0.276 e. The van der Waals surface area contributed by atoms with Crippen molar-refractivity contribution in [1.82, 2.24) is 9.78 Å². The standard InChI is InChI=1S/C22H21Cl2N3O3/c1-29-19-12-20(30-2)16(11-15(19)24)25-22(28)21-13-7-3-5-9-17(13)27(26-21)18-10-6-4-8-14(18)23/h4,6,8,10-12H,3,5,7,9H2,1-2H3,(H,25,28).